The number of hydrogen-bond acceptors (Lipinski definition) is 4. The second kappa shape index (κ2) is 5.23. The summed E-state index contributed by atoms with van der Waals surface area (Å²) in [6, 6.07) is 1.65. The van der Waals surface area contributed by atoms with E-state index >= 15 is 0 Å². The van der Waals surface area contributed by atoms with Gasteiger partial charge in [0.1, 0.15) is 10.2 Å². The van der Waals surface area contributed by atoms with E-state index in [9.17, 15) is 5.11 Å². The van der Waals surface area contributed by atoms with Gasteiger partial charge in [-0.05, 0) is 28.4 Å². The largest absolute Gasteiger partial charge is 0.506 e. The van der Waals surface area contributed by atoms with Gasteiger partial charge in [0.25, 0.3) is 0 Å². The van der Waals surface area contributed by atoms with Crippen molar-refractivity contribution in [2.24, 2.45) is 0 Å². The Labute approximate surface area is 96.6 Å². The standard InChI is InChI=1S/C10H13BrO4/c1-14-7-5-6(3-4-12)9(13)8(11)10(7)15-2/h5,12-13H,3-4H2,1-2H3. The van der Waals surface area contributed by atoms with Gasteiger partial charge < -0.3 is 19.7 Å². The summed E-state index contributed by atoms with van der Waals surface area (Å²) in [6.07, 6.45) is 0.366. The number of phenolic OH excluding ortho intramolecular Hbond substituents is 1. The van der Waals surface area contributed by atoms with Gasteiger partial charge in [-0.15, -0.1) is 0 Å². The van der Waals surface area contributed by atoms with Crippen LogP contribution in [0.5, 0.6) is 17.2 Å². The van der Waals surface area contributed by atoms with Crippen LogP contribution in [-0.2, 0) is 6.42 Å². The summed E-state index contributed by atoms with van der Waals surface area (Å²) in [6.45, 7) is -0.0323. The summed E-state index contributed by atoms with van der Waals surface area (Å²) < 4.78 is 10.6. The third kappa shape index (κ3) is 2.35. The fraction of sp³-hybridized carbons (Fsp3) is 0.400. The lowest BCUT2D eigenvalue weighted by Crippen LogP contribution is -1.97. The lowest BCUT2D eigenvalue weighted by atomic mass is 10.1. The SMILES string of the molecule is COc1cc(CCO)c(O)c(Br)c1OC. The van der Waals surface area contributed by atoms with Crippen LogP contribution < -0.4 is 9.47 Å². The Morgan fingerprint density at radius 2 is 2.00 bits per heavy atom. The van der Waals surface area contributed by atoms with Crippen molar-refractivity contribution in [3.8, 4) is 17.2 Å². The van der Waals surface area contributed by atoms with Crippen molar-refractivity contribution in [2.45, 2.75) is 6.42 Å². The van der Waals surface area contributed by atoms with Crippen molar-refractivity contribution in [3.05, 3.63) is 16.1 Å². The molecule has 0 aliphatic rings. The summed E-state index contributed by atoms with van der Waals surface area (Å²) in [5, 5.41) is 18.6. The Bertz CT molecular complexity index is 352. The summed E-state index contributed by atoms with van der Waals surface area (Å²) in [7, 11) is 3.01. The Morgan fingerprint density at radius 3 is 2.47 bits per heavy atom. The van der Waals surface area contributed by atoms with Gasteiger partial charge in [-0.1, -0.05) is 0 Å². The van der Waals surface area contributed by atoms with Gasteiger partial charge in [-0.25, -0.2) is 0 Å². The molecule has 0 unspecified atom stereocenters. The van der Waals surface area contributed by atoms with E-state index in [-0.39, 0.29) is 12.4 Å². The molecular formula is C10H13BrO4. The third-order valence-corrected chi connectivity index (χ3v) is 2.78. The highest BCUT2D eigenvalue weighted by molar-refractivity contribution is 9.10. The van der Waals surface area contributed by atoms with E-state index in [2.05, 4.69) is 15.9 Å². The first-order chi connectivity index (χ1) is 7.15. The first-order valence-electron chi connectivity index (χ1n) is 4.38. The lowest BCUT2D eigenvalue weighted by molar-refractivity contribution is 0.296. The van der Waals surface area contributed by atoms with Crippen LogP contribution in [0.3, 0.4) is 0 Å². The highest BCUT2D eigenvalue weighted by Crippen LogP contribution is 2.43. The maximum atomic E-state index is 9.77. The molecule has 15 heavy (non-hydrogen) atoms. The molecule has 0 saturated heterocycles. The van der Waals surface area contributed by atoms with Crippen molar-refractivity contribution in [1.29, 1.82) is 0 Å². The quantitative estimate of drug-likeness (QED) is 0.879. The van der Waals surface area contributed by atoms with E-state index in [1.807, 2.05) is 0 Å². The first-order valence-corrected chi connectivity index (χ1v) is 5.18. The molecule has 1 aromatic rings. The molecule has 0 aromatic heterocycles. The number of aromatic hydroxyl groups is 1. The summed E-state index contributed by atoms with van der Waals surface area (Å²) in [4.78, 5) is 0. The van der Waals surface area contributed by atoms with Crippen LogP contribution in [0.4, 0.5) is 0 Å². The van der Waals surface area contributed by atoms with Crippen molar-refractivity contribution >= 4 is 15.9 Å². The van der Waals surface area contributed by atoms with Crippen LogP contribution in [0.2, 0.25) is 0 Å². The van der Waals surface area contributed by atoms with E-state index in [4.69, 9.17) is 14.6 Å². The normalized spacial score (nSPS) is 10.1. The minimum absolute atomic E-state index is 0.0323. The Balaban J connectivity index is 3.29. The van der Waals surface area contributed by atoms with Crippen molar-refractivity contribution in [1.82, 2.24) is 0 Å². The summed E-state index contributed by atoms with van der Waals surface area (Å²) in [5.74, 6) is 1.03. The van der Waals surface area contributed by atoms with Gasteiger partial charge in [-0.3, -0.25) is 0 Å². The first kappa shape index (κ1) is 12.1. The number of aliphatic hydroxyl groups is 1. The molecule has 0 radical (unpaired) electrons. The number of hydrogen-bond donors (Lipinski definition) is 2. The maximum Gasteiger partial charge on any atom is 0.178 e. The molecule has 0 fully saturated rings. The van der Waals surface area contributed by atoms with Crippen LogP contribution in [0.15, 0.2) is 10.5 Å². The highest BCUT2D eigenvalue weighted by Gasteiger charge is 2.16. The van der Waals surface area contributed by atoms with Crippen LogP contribution in [0.25, 0.3) is 0 Å². The molecule has 1 aromatic carbocycles. The molecule has 0 amide bonds. The Kier molecular flexibility index (Phi) is 4.23. The molecular weight excluding hydrogens is 264 g/mol. The van der Waals surface area contributed by atoms with Crippen molar-refractivity contribution in [2.75, 3.05) is 20.8 Å². The topological polar surface area (TPSA) is 58.9 Å². The molecule has 0 spiro atoms. The van der Waals surface area contributed by atoms with Gasteiger partial charge in [0, 0.05) is 12.2 Å². The summed E-state index contributed by atoms with van der Waals surface area (Å²) >= 11 is 3.22. The second-order valence-electron chi connectivity index (χ2n) is 2.91. The van der Waals surface area contributed by atoms with Gasteiger partial charge in [0.15, 0.2) is 11.5 Å². The number of ether oxygens (including phenoxy) is 2. The molecule has 0 aliphatic carbocycles. The van der Waals surface area contributed by atoms with Crippen LogP contribution >= 0.6 is 15.9 Å². The highest BCUT2D eigenvalue weighted by atomic mass is 79.9. The smallest absolute Gasteiger partial charge is 0.178 e. The molecule has 0 heterocycles. The van der Waals surface area contributed by atoms with E-state index in [1.165, 1.54) is 14.2 Å². The van der Waals surface area contributed by atoms with Crippen LogP contribution in [0.1, 0.15) is 5.56 Å². The molecule has 4 nitrogen and oxygen atoms in total. The Morgan fingerprint density at radius 1 is 1.33 bits per heavy atom. The maximum absolute atomic E-state index is 9.77. The zero-order chi connectivity index (χ0) is 11.4. The molecule has 0 aliphatic heterocycles. The zero-order valence-electron chi connectivity index (χ0n) is 8.58. The predicted octanol–water partition coefficient (Wildman–Crippen LogP) is 1.71. The van der Waals surface area contributed by atoms with E-state index in [0.717, 1.165) is 0 Å². The van der Waals surface area contributed by atoms with E-state index < -0.39 is 0 Å². The monoisotopic (exact) mass is 276 g/mol. The lowest BCUT2D eigenvalue weighted by Gasteiger charge is -2.13. The van der Waals surface area contributed by atoms with Gasteiger partial charge >= 0.3 is 0 Å². The van der Waals surface area contributed by atoms with E-state index in [0.29, 0.717) is 28.0 Å². The molecule has 0 saturated carbocycles. The summed E-state index contributed by atoms with van der Waals surface area (Å²) in [5.41, 5.74) is 0.613. The minimum atomic E-state index is -0.0323. The molecule has 0 bridgehead atoms. The second-order valence-corrected chi connectivity index (χ2v) is 3.70. The molecule has 5 heteroatoms. The number of rotatable bonds is 4. The van der Waals surface area contributed by atoms with Crippen molar-refractivity contribution in [3.63, 3.8) is 0 Å². The van der Waals surface area contributed by atoms with Gasteiger partial charge in [0.2, 0.25) is 0 Å². The molecule has 2 N–H and O–H groups in total. The van der Waals surface area contributed by atoms with E-state index in [1.54, 1.807) is 6.07 Å². The van der Waals surface area contributed by atoms with Crippen molar-refractivity contribution < 1.29 is 19.7 Å². The zero-order valence-corrected chi connectivity index (χ0v) is 10.2. The third-order valence-electron chi connectivity index (χ3n) is 2.05. The number of phenols is 1. The van der Waals surface area contributed by atoms with Crippen LogP contribution in [-0.4, -0.2) is 31.0 Å². The molecule has 84 valence electrons. The van der Waals surface area contributed by atoms with Gasteiger partial charge in [0.05, 0.1) is 14.2 Å². The number of aliphatic hydroxyl groups excluding tert-OH is 1. The average molecular weight is 277 g/mol. The van der Waals surface area contributed by atoms with Gasteiger partial charge in [-0.2, -0.15) is 0 Å². The Hall–Kier alpha value is -0.940. The number of halogens is 1. The molecule has 1 rings (SSSR count). The predicted molar refractivity (Wildman–Crippen MR) is 59.7 cm³/mol. The number of benzene rings is 1. The fourth-order valence-corrected chi connectivity index (χ4v) is 1.91. The average Bonchev–Trinajstić information content (AvgIpc) is 2.24. The number of methoxy groups -OCH3 is 2. The molecule has 0 atom stereocenters. The van der Waals surface area contributed by atoms with Crippen LogP contribution in [0, 0.1) is 0 Å². The fourth-order valence-electron chi connectivity index (χ4n) is 1.30. The minimum Gasteiger partial charge on any atom is -0.506 e.